The number of thioether (sulfide) groups is 2. The van der Waals surface area contributed by atoms with Crippen molar-refractivity contribution >= 4 is 53.0 Å². The van der Waals surface area contributed by atoms with Gasteiger partial charge >= 0.3 is 11.9 Å². The first-order valence-corrected chi connectivity index (χ1v) is 13.8. The molecule has 2 amide bonds. The standard InChI is InChI=1S/C22H23N7O8S2/c1-28-21(24-26-27-28)39-10-11-9-38-18-14(17(31)29(18)15(11)19(32)33)23-16(30)13(12-5-4-8-36-12)25-37-22(20(34)35)6-2-3-7-22/h4-5,8,14,18H,2-3,6-7,9-10H2,1H3,(H,23,30)(H,32,33)(H,34,35)/t14-,18-/m1/s1. The quantitative estimate of drug-likeness (QED) is 0.152. The molecule has 3 N–H and O–H groups in total. The minimum absolute atomic E-state index is 0.0228. The SMILES string of the molecule is Cn1nnnc1SCC1=C(C(=O)O)N2C(=O)[C@@H](NC(=O)C(=NOC3(C(=O)O)CCCC3)c3ccco3)[C@H]2SC1. The number of oxime groups is 1. The Morgan fingerprint density at radius 2 is 2.10 bits per heavy atom. The molecule has 1 saturated heterocycles. The molecule has 39 heavy (non-hydrogen) atoms. The molecule has 17 heteroatoms. The Morgan fingerprint density at radius 3 is 2.72 bits per heavy atom. The van der Waals surface area contributed by atoms with E-state index in [9.17, 15) is 29.4 Å². The number of aliphatic carboxylic acids is 2. The average molecular weight is 578 g/mol. The molecule has 2 atom stereocenters. The second kappa shape index (κ2) is 10.7. The Labute approximate surface area is 229 Å². The highest BCUT2D eigenvalue weighted by Gasteiger charge is 2.54. The van der Waals surface area contributed by atoms with Gasteiger partial charge in [-0.3, -0.25) is 14.5 Å². The molecule has 15 nitrogen and oxygen atoms in total. The molecule has 2 aromatic heterocycles. The third-order valence-electron chi connectivity index (χ3n) is 6.58. The van der Waals surface area contributed by atoms with Crippen molar-refractivity contribution < 1.29 is 38.6 Å². The topological polar surface area (TPSA) is 202 Å². The number of hydrogen-bond donors (Lipinski definition) is 3. The van der Waals surface area contributed by atoms with Crippen molar-refractivity contribution in [3.05, 3.63) is 35.4 Å². The number of rotatable bonds is 10. The van der Waals surface area contributed by atoms with Gasteiger partial charge in [-0.05, 0) is 41.0 Å². The van der Waals surface area contributed by atoms with Gasteiger partial charge in [-0.15, -0.1) is 16.9 Å². The lowest BCUT2D eigenvalue weighted by molar-refractivity contribution is -0.165. The first-order chi connectivity index (χ1) is 18.7. The molecule has 1 saturated carbocycles. The Morgan fingerprint density at radius 1 is 1.33 bits per heavy atom. The number of aryl methyl sites for hydroxylation is 1. The number of carboxylic acids is 2. The highest BCUT2D eigenvalue weighted by Crippen LogP contribution is 2.41. The summed E-state index contributed by atoms with van der Waals surface area (Å²) in [5, 5.41) is 37.0. The number of carboxylic acid groups (broad SMARTS) is 2. The van der Waals surface area contributed by atoms with Crippen molar-refractivity contribution in [3.63, 3.8) is 0 Å². The summed E-state index contributed by atoms with van der Waals surface area (Å²) >= 11 is 2.55. The Balaban J connectivity index is 1.32. The molecule has 206 valence electrons. The number of nitrogens with one attached hydrogen (secondary N) is 1. The van der Waals surface area contributed by atoms with Crippen LogP contribution in [0.4, 0.5) is 0 Å². The van der Waals surface area contributed by atoms with E-state index < -0.39 is 40.8 Å². The van der Waals surface area contributed by atoms with Crippen LogP contribution < -0.4 is 5.32 Å². The van der Waals surface area contributed by atoms with Crippen LogP contribution in [0.25, 0.3) is 0 Å². The normalized spacial score (nSPS) is 22.3. The third kappa shape index (κ3) is 4.98. The summed E-state index contributed by atoms with van der Waals surface area (Å²) < 4.78 is 6.75. The lowest BCUT2D eigenvalue weighted by atomic mass is 10.0. The average Bonchev–Trinajstić information content (AvgIpc) is 3.69. The van der Waals surface area contributed by atoms with Crippen molar-refractivity contribution in [2.24, 2.45) is 12.2 Å². The summed E-state index contributed by atoms with van der Waals surface area (Å²) in [5.41, 5.74) is -1.48. The number of hydrogen-bond acceptors (Lipinski definition) is 12. The zero-order chi connectivity index (χ0) is 27.7. The number of nitrogens with zero attached hydrogens (tertiary/aromatic N) is 6. The van der Waals surface area contributed by atoms with Gasteiger partial charge < -0.3 is 24.8 Å². The Kier molecular flexibility index (Phi) is 7.35. The molecule has 2 aliphatic heterocycles. The molecule has 1 aliphatic carbocycles. The van der Waals surface area contributed by atoms with Crippen molar-refractivity contribution in [2.75, 3.05) is 11.5 Å². The van der Waals surface area contributed by atoms with E-state index in [4.69, 9.17) is 9.25 Å². The Hall–Kier alpha value is -3.86. The maximum atomic E-state index is 13.2. The number of β-lactam (4-membered cyclic amide) rings is 1. The van der Waals surface area contributed by atoms with E-state index >= 15 is 0 Å². The summed E-state index contributed by atoms with van der Waals surface area (Å²) in [6.07, 6.45) is 3.08. The zero-order valence-corrected chi connectivity index (χ0v) is 22.1. The van der Waals surface area contributed by atoms with E-state index in [2.05, 4.69) is 26.0 Å². The molecule has 0 radical (unpaired) electrons. The molecule has 0 bridgehead atoms. The van der Waals surface area contributed by atoms with Crippen LogP contribution in [0.15, 0.2) is 44.4 Å². The first kappa shape index (κ1) is 26.7. The highest BCUT2D eigenvalue weighted by molar-refractivity contribution is 8.01. The third-order valence-corrected chi connectivity index (χ3v) is 9.01. The lowest BCUT2D eigenvalue weighted by Gasteiger charge is -2.49. The van der Waals surface area contributed by atoms with Gasteiger partial charge in [0.05, 0.1) is 6.26 Å². The second-order valence-corrected chi connectivity index (χ2v) is 11.1. The second-order valence-electron chi connectivity index (χ2n) is 9.01. The van der Waals surface area contributed by atoms with Crippen LogP contribution in [0, 0.1) is 0 Å². The van der Waals surface area contributed by atoms with Gasteiger partial charge in [-0.25, -0.2) is 14.3 Å². The van der Waals surface area contributed by atoms with E-state index in [1.165, 1.54) is 46.6 Å². The summed E-state index contributed by atoms with van der Waals surface area (Å²) in [6, 6.07) is 1.94. The Bertz CT molecular complexity index is 1370. The fraction of sp³-hybridized carbons (Fsp3) is 0.455. The number of carbonyl (C=O) groups is 4. The van der Waals surface area contributed by atoms with Crippen molar-refractivity contribution in [3.8, 4) is 0 Å². The fourth-order valence-electron chi connectivity index (χ4n) is 4.53. The lowest BCUT2D eigenvalue weighted by Crippen LogP contribution is -2.71. The summed E-state index contributed by atoms with van der Waals surface area (Å²) in [7, 11) is 1.66. The van der Waals surface area contributed by atoms with Crippen molar-refractivity contribution in [1.29, 1.82) is 0 Å². The van der Waals surface area contributed by atoms with Crippen molar-refractivity contribution in [2.45, 2.75) is 47.9 Å². The van der Waals surface area contributed by atoms with Crippen LogP contribution in [0.3, 0.4) is 0 Å². The van der Waals surface area contributed by atoms with Gasteiger partial charge in [0.15, 0.2) is 5.76 Å². The van der Waals surface area contributed by atoms with Crippen LogP contribution in [-0.2, 0) is 31.1 Å². The number of fused-ring (bicyclic) bond motifs is 1. The summed E-state index contributed by atoms with van der Waals surface area (Å²) in [4.78, 5) is 56.8. The summed E-state index contributed by atoms with van der Waals surface area (Å²) in [5.74, 6) is -3.26. The molecular weight excluding hydrogens is 554 g/mol. The fourth-order valence-corrected chi connectivity index (χ4v) is 6.87. The van der Waals surface area contributed by atoms with Crippen LogP contribution in [0.5, 0.6) is 0 Å². The largest absolute Gasteiger partial charge is 0.478 e. The van der Waals surface area contributed by atoms with Crippen LogP contribution in [0.2, 0.25) is 0 Å². The minimum atomic E-state index is -1.54. The van der Waals surface area contributed by atoms with E-state index in [1.807, 2.05) is 0 Å². The number of furan rings is 1. The number of aromatic nitrogens is 4. The smallest absolute Gasteiger partial charge is 0.352 e. The molecule has 2 fully saturated rings. The van der Waals surface area contributed by atoms with Crippen LogP contribution >= 0.6 is 23.5 Å². The van der Waals surface area contributed by atoms with E-state index in [0.29, 0.717) is 29.3 Å². The van der Waals surface area contributed by atoms with Crippen molar-refractivity contribution in [1.82, 2.24) is 30.4 Å². The number of carbonyl (C=O) groups excluding carboxylic acids is 2. The summed E-state index contributed by atoms with van der Waals surface area (Å²) in [6.45, 7) is 0. The molecule has 2 aromatic rings. The molecule has 0 spiro atoms. The highest BCUT2D eigenvalue weighted by atomic mass is 32.2. The predicted octanol–water partition coefficient (Wildman–Crippen LogP) is 0.452. The van der Waals surface area contributed by atoms with E-state index in [0.717, 1.165) is 4.90 Å². The van der Waals surface area contributed by atoms with E-state index in [-0.39, 0.29) is 35.8 Å². The molecule has 4 heterocycles. The van der Waals surface area contributed by atoms with Gasteiger partial charge in [-0.1, -0.05) is 16.9 Å². The predicted molar refractivity (Wildman–Crippen MR) is 134 cm³/mol. The maximum absolute atomic E-state index is 13.2. The number of amides is 2. The minimum Gasteiger partial charge on any atom is -0.478 e. The van der Waals surface area contributed by atoms with Gasteiger partial charge in [0.1, 0.15) is 17.1 Å². The zero-order valence-electron chi connectivity index (χ0n) is 20.5. The van der Waals surface area contributed by atoms with Gasteiger partial charge in [0, 0.05) is 31.4 Å². The van der Waals surface area contributed by atoms with Gasteiger partial charge in [0.2, 0.25) is 16.5 Å². The molecular formula is C22H23N7O8S2. The molecule has 0 unspecified atom stereocenters. The number of tetrazole rings is 1. The monoisotopic (exact) mass is 577 g/mol. The molecule has 0 aromatic carbocycles. The van der Waals surface area contributed by atoms with Gasteiger partial charge in [-0.2, -0.15) is 0 Å². The molecule has 5 rings (SSSR count). The van der Waals surface area contributed by atoms with Crippen LogP contribution in [0.1, 0.15) is 31.4 Å². The van der Waals surface area contributed by atoms with Crippen LogP contribution in [-0.4, -0.2) is 93.3 Å². The van der Waals surface area contributed by atoms with Gasteiger partial charge in [0.25, 0.3) is 11.8 Å². The maximum Gasteiger partial charge on any atom is 0.352 e. The van der Waals surface area contributed by atoms with E-state index in [1.54, 1.807) is 7.05 Å². The molecule has 3 aliphatic rings. The first-order valence-electron chi connectivity index (χ1n) is 11.8.